The topological polar surface area (TPSA) is 64.6 Å². The van der Waals surface area contributed by atoms with Crippen molar-refractivity contribution in [1.82, 2.24) is 0 Å². The molecule has 0 radical (unpaired) electrons. The van der Waals surface area contributed by atoms with Crippen LogP contribution in [0.2, 0.25) is 0 Å². The van der Waals surface area contributed by atoms with Gasteiger partial charge in [0.05, 0.1) is 0 Å². The molecule has 132 valence electrons. The first-order valence-corrected chi connectivity index (χ1v) is 8.13. The summed E-state index contributed by atoms with van der Waals surface area (Å²) in [5.74, 6) is -0.378. The Morgan fingerprint density at radius 2 is 1.72 bits per heavy atom. The Kier molecular flexibility index (Phi) is 6.17. The van der Waals surface area contributed by atoms with E-state index in [4.69, 9.17) is 9.47 Å². The first kappa shape index (κ1) is 18.5. The van der Waals surface area contributed by atoms with Crippen LogP contribution in [0, 0.1) is 20.8 Å². The lowest BCUT2D eigenvalue weighted by Gasteiger charge is -2.15. The largest absolute Gasteiger partial charge is 0.482 e. The van der Waals surface area contributed by atoms with Crippen molar-refractivity contribution in [2.75, 3.05) is 11.9 Å². The van der Waals surface area contributed by atoms with Crippen LogP contribution in [0.3, 0.4) is 0 Å². The van der Waals surface area contributed by atoms with E-state index in [2.05, 4.69) is 5.32 Å². The number of carbonyl (C=O) groups excluding carboxylic acids is 2. The maximum atomic E-state index is 12.1. The molecule has 25 heavy (non-hydrogen) atoms. The Hall–Kier alpha value is -2.82. The number of ether oxygens (including phenoxy) is 2. The Bertz CT molecular complexity index is 770. The maximum absolute atomic E-state index is 12.1. The molecule has 2 aromatic rings. The molecule has 0 aromatic heterocycles. The number of para-hydroxylation sites is 1. The average Bonchev–Trinajstić information content (AvgIpc) is 2.58. The molecule has 0 unspecified atom stereocenters. The van der Waals surface area contributed by atoms with Crippen LogP contribution in [-0.4, -0.2) is 24.6 Å². The van der Waals surface area contributed by atoms with Crippen molar-refractivity contribution in [2.24, 2.45) is 0 Å². The van der Waals surface area contributed by atoms with Crippen LogP contribution in [0.5, 0.6) is 5.75 Å². The third-order valence-corrected chi connectivity index (χ3v) is 3.92. The summed E-state index contributed by atoms with van der Waals surface area (Å²) in [5, 5.41) is 2.75. The summed E-state index contributed by atoms with van der Waals surface area (Å²) in [7, 11) is 0. The first-order chi connectivity index (χ1) is 11.9. The Labute approximate surface area is 148 Å². The van der Waals surface area contributed by atoms with Crippen LogP contribution in [0.1, 0.15) is 23.6 Å². The minimum Gasteiger partial charge on any atom is -0.482 e. The minimum atomic E-state index is -0.907. The zero-order valence-corrected chi connectivity index (χ0v) is 15.0. The zero-order chi connectivity index (χ0) is 18.4. The zero-order valence-electron chi connectivity index (χ0n) is 15.0. The lowest BCUT2D eigenvalue weighted by Crippen LogP contribution is -2.31. The van der Waals surface area contributed by atoms with Crippen LogP contribution in [0.15, 0.2) is 42.5 Å². The number of nitrogens with one attached hydrogen (secondary N) is 1. The van der Waals surface area contributed by atoms with Crippen LogP contribution in [0.25, 0.3) is 0 Å². The predicted octanol–water partition coefficient (Wildman–Crippen LogP) is 3.56. The molecule has 2 aromatic carbocycles. The molecule has 0 bridgehead atoms. The van der Waals surface area contributed by atoms with E-state index < -0.39 is 12.1 Å². The van der Waals surface area contributed by atoms with Gasteiger partial charge in [-0.15, -0.1) is 0 Å². The molecule has 2 rings (SSSR count). The summed E-state index contributed by atoms with van der Waals surface area (Å²) in [5.41, 5.74) is 3.86. The van der Waals surface area contributed by atoms with Gasteiger partial charge in [-0.25, -0.2) is 4.79 Å². The van der Waals surface area contributed by atoms with Crippen molar-refractivity contribution < 1.29 is 19.1 Å². The molecule has 5 nitrogen and oxygen atoms in total. The van der Waals surface area contributed by atoms with Gasteiger partial charge in [0.1, 0.15) is 5.75 Å². The van der Waals surface area contributed by atoms with E-state index in [1.807, 2.05) is 51.1 Å². The van der Waals surface area contributed by atoms with Crippen molar-refractivity contribution >= 4 is 17.6 Å². The number of anilines is 1. The van der Waals surface area contributed by atoms with E-state index in [-0.39, 0.29) is 12.5 Å². The monoisotopic (exact) mass is 341 g/mol. The number of rotatable bonds is 6. The van der Waals surface area contributed by atoms with E-state index in [9.17, 15) is 9.59 Å². The number of carbonyl (C=O) groups is 2. The van der Waals surface area contributed by atoms with Gasteiger partial charge in [0.2, 0.25) is 0 Å². The van der Waals surface area contributed by atoms with Crippen molar-refractivity contribution in [3.63, 3.8) is 0 Å². The predicted molar refractivity (Wildman–Crippen MR) is 96.8 cm³/mol. The highest BCUT2D eigenvalue weighted by Crippen LogP contribution is 2.17. The number of aryl methyl sites for hydroxylation is 3. The van der Waals surface area contributed by atoms with Crippen LogP contribution >= 0.6 is 0 Å². The highest BCUT2D eigenvalue weighted by atomic mass is 16.6. The minimum absolute atomic E-state index is 0.246. The van der Waals surface area contributed by atoms with Crippen molar-refractivity contribution in [3.05, 3.63) is 59.2 Å². The molecule has 0 spiro atoms. The van der Waals surface area contributed by atoms with Crippen molar-refractivity contribution in [3.8, 4) is 5.75 Å². The lowest BCUT2D eigenvalue weighted by molar-refractivity contribution is -0.155. The third kappa shape index (κ3) is 5.35. The fourth-order valence-electron chi connectivity index (χ4n) is 2.18. The Morgan fingerprint density at radius 1 is 1.00 bits per heavy atom. The molecule has 1 amide bonds. The molecular formula is C20H23NO4. The van der Waals surface area contributed by atoms with E-state index in [1.165, 1.54) is 6.92 Å². The molecule has 0 saturated heterocycles. The highest BCUT2D eigenvalue weighted by Gasteiger charge is 2.18. The summed E-state index contributed by atoms with van der Waals surface area (Å²) in [6.07, 6.45) is -0.907. The third-order valence-electron chi connectivity index (χ3n) is 3.92. The molecular weight excluding hydrogens is 318 g/mol. The Morgan fingerprint density at radius 3 is 2.40 bits per heavy atom. The van der Waals surface area contributed by atoms with E-state index >= 15 is 0 Å². The highest BCUT2D eigenvalue weighted by molar-refractivity contribution is 5.95. The van der Waals surface area contributed by atoms with Gasteiger partial charge in [0, 0.05) is 5.69 Å². The van der Waals surface area contributed by atoms with Gasteiger partial charge >= 0.3 is 5.97 Å². The molecule has 0 saturated carbocycles. The van der Waals surface area contributed by atoms with E-state index in [1.54, 1.807) is 12.1 Å². The number of benzene rings is 2. The quantitative estimate of drug-likeness (QED) is 0.816. The fourth-order valence-corrected chi connectivity index (χ4v) is 2.18. The van der Waals surface area contributed by atoms with Gasteiger partial charge in [0.15, 0.2) is 12.7 Å². The summed E-state index contributed by atoms with van der Waals surface area (Å²) < 4.78 is 10.5. The average molecular weight is 341 g/mol. The van der Waals surface area contributed by atoms with Crippen LogP contribution in [0.4, 0.5) is 5.69 Å². The number of hydrogen-bond acceptors (Lipinski definition) is 4. The van der Waals surface area contributed by atoms with Gasteiger partial charge in [-0.3, -0.25) is 4.79 Å². The molecule has 0 aliphatic rings. The molecule has 0 aliphatic heterocycles. The number of amides is 1. The van der Waals surface area contributed by atoms with Gasteiger partial charge in [-0.05, 0) is 62.6 Å². The van der Waals surface area contributed by atoms with Crippen molar-refractivity contribution in [2.45, 2.75) is 33.8 Å². The number of esters is 1. The smallest absolute Gasteiger partial charge is 0.344 e. The standard InChI is InChI=1S/C20H23NO4/c1-13-9-10-17(11-15(13)3)24-12-19(22)25-16(4)20(23)21-18-8-6-5-7-14(18)2/h5-11,16H,12H2,1-4H3,(H,21,23)/t16-/m1/s1. The van der Waals surface area contributed by atoms with Gasteiger partial charge in [-0.2, -0.15) is 0 Å². The molecule has 1 atom stereocenters. The molecule has 1 N–H and O–H groups in total. The molecule has 0 heterocycles. The summed E-state index contributed by atoms with van der Waals surface area (Å²) in [6.45, 7) is 7.15. The maximum Gasteiger partial charge on any atom is 0.344 e. The van der Waals surface area contributed by atoms with Crippen LogP contribution < -0.4 is 10.1 Å². The lowest BCUT2D eigenvalue weighted by atomic mass is 10.1. The summed E-state index contributed by atoms with van der Waals surface area (Å²) in [4.78, 5) is 24.0. The molecule has 0 aliphatic carbocycles. The second-order valence-electron chi connectivity index (χ2n) is 5.97. The molecule has 0 fully saturated rings. The van der Waals surface area contributed by atoms with Crippen molar-refractivity contribution in [1.29, 1.82) is 0 Å². The van der Waals surface area contributed by atoms with E-state index in [0.717, 1.165) is 16.7 Å². The first-order valence-electron chi connectivity index (χ1n) is 8.13. The second-order valence-corrected chi connectivity index (χ2v) is 5.97. The second kappa shape index (κ2) is 8.33. The Balaban J connectivity index is 1.83. The van der Waals surface area contributed by atoms with Gasteiger partial charge in [0.25, 0.3) is 5.91 Å². The van der Waals surface area contributed by atoms with E-state index in [0.29, 0.717) is 11.4 Å². The summed E-state index contributed by atoms with van der Waals surface area (Å²) >= 11 is 0. The fraction of sp³-hybridized carbons (Fsp3) is 0.300. The molecule has 5 heteroatoms. The SMILES string of the molecule is Cc1ccc(OCC(=O)O[C@H](C)C(=O)Nc2ccccc2C)cc1C. The normalized spacial score (nSPS) is 11.5. The number of hydrogen-bond donors (Lipinski definition) is 1. The van der Waals surface area contributed by atoms with Gasteiger partial charge in [-0.1, -0.05) is 24.3 Å². The summed E-state index contributed by atoms with van der Waals surface area (Å²) in [6, 6.07) is 13.0. The van der Waals surface area contributed by atoms with Crippen LogP contribution in [-0.2, 0) is 14.3 Å². The van der Waals surface area contributed by atoms with Gasteiger partial charge < -0.3 is 14.8 Å².